The fourth-order valence-electron chi connectivity index (χ4n) is 4.08. The van der Waals surface area contributed by atoms with Gasteiger partial charge in [0.2, 0.25) is 5.91 Å². The number of terminal acetylenes is 1. The van der Waals surface area contributed by atoms with Crippen LogP contribution in [0.4, 0.5) is 5.69 Å². The Labute approximate surface area is 208 Å². The topological polar surface area (TPSA) is 80.8 Å². The fraction of sp³-hybridized carbons (Fsp3) is 0.138. The molecule has 2 heterocycles. The van der Waals surface area contributed by atoms with Crippen molar-refractivity contribution in [3.63, 3.8) is 0 Å². The molecule has 1 aromatic heterocycles. The first kappa shape index (κ1) is 22.9. The molecule has 0 aliphatic carbocycles. The third kappa shape index (κ3) is 4.70. The number of rotatable bonds is 5. The normalized spacial score (nSPS) is 12.0. The highest BCUT2D eigenvalue weighted by Gasteiger charge is 2.20. The maximum absolute atomic E-state index is 13.5. The third-order valence-electron chi connectivity index (χ3n) is 5.82. The molecule has 0 atom stereocenters. The van der Waals surface area contributed by atoms with Crippen LogP contribution in [0.3, 0.4) is 0 Å². The van der Waals surface area contributed by atoms with E-state index in [1.165, 1.54) is 4.90 Å². The first-order valence-corrected chi connectivity index (χ1v) is 11.4. The van der Waals surface area contributed by atoms with Gasteiger partial charge in [-0.15, -0.1) is 6.42 Å². The molecule has 0 saturated heterocycles. The number of para-hydroxylation sites is 1. The summed E-state index contributed by atoms with van der Waals surface area (Å²) < 4.78 is 11.3. The molecule has 7 nitrogen and oxygen atoms in total. The number of likely N-dealkylation sites (N-methyl/N-ethyl adjacent to an activating group) is 1. The molecule has 0 unspecified atom stereocenters. The number of benzene rings is 3. The summed E-state index contributed by atoms with van der Waals surface area (Å²) >= 11 is 0. The average Bonchev–Trinajstić information content (AvgIpc) is 2.91. The van der Waals surface area contributed by atoms with Gasteiger partial charge in [-0.3, -0.25) is 9.59 Å². The molecule has 2 amide bonds. The van der Waals surface area contributed by atoms with Crippen LogP contribution >= 0.6 is 0 Å². The molecule has 1 aliphatic rings. The van der Waals surface area contributed by atoms with E-state index in [0.717, 1.165) is 5.56 Å². The number of hydrogen-bond donors (Lipinski definition) is 1. The summed E-state index contributed by atoms with van der Waals surface area (Å²) in [6.07, 6.45) is 5.43. The molecule has 3 aromatic carbocycles. The molecule has 1 N–H and O–H groups in total. The van der Waals surface area contributed by atoms with E-state index in [1.807, 2.05) is 42.5 Å². The number of hydrogen-bond acceptors (Lipinski definition) is 5. The van der Waals surface area contributed by atoms with E-state index in [2.05, 4.69) is 11.2 Å². The highest BCUT2D eigenvalue weighted by atomic mass is 16.6. The van der Waals surface area contributed by atoms with E-state index in [4.69, 9.17) is 20.9 Å². The van der Waals surface area contributed by atoms with Gasteiger partial charge in [0.05, 0.1) is 23.3 Å². The van der Waals surface area contributed by atoms with Crippen molar-refractivity contribution in [1.29, 1.82) is 0 Å². The molecule has 36 heavy (non-hydrogen) atoms. The zero-order chi connectivity index (χ0) is 25.1. The highest BCUT2D eigenvalue weighted by Crippen LogP contribution is 2.35. The monoisotopic (exact) mass is 477 g/mol. The second-order valence-corrected chi connectivity index (χ2v) is 8.37. The number of aromatic nitrogens is 1. The maximum atomic E-state index is 13.5. The molecule has 0 fully saturated rings. The Bertz CT molecular complexity index is 1520. The Morgan fingerprint density at radius 3 is 2.64 bits per heavy atom. The predicted octanol–water partition coefficient (Wildman–Crippen LogP) is 4.37. The van der Waals surface area contributed by atoms with Crippen LogP contribution in [0.1, 0.15) is 15.9 Å². The van der Waals surface area contributed by atoms with E-state index in [9.17, 15) is 9.59 Å². The number of pyridine rings is 1. The van der Waals surface area contributed by atoms with Crippen molar-refractivity contribution in [3.05, 3.63) is 83.9 Å². The van der Waals surface area contributed by atoms with Crippen molar-refractivity contribution in [2.75, 3.05) is 32.1 Å². The maximum Gasteiger partial charge on any atom is 0.254 e. The number of carbonyl (C=O) groups excluding carboxylic acids is 2. The number of amides is 2. The molecular formula is C29H23N3O4. The van der Waals surface area contributed by atoms with Crippen molar-refractivity contribution < 1.29 is 19.1 Å². The van der Waals surface area contributed by atoms with Gasteiger partial charge >= 0.3 is 0 Å². The van der Waals surface area contributed by atoms with Gasteiger partial charge in [0, 0.05) is 29.2 Å². The van der Waals surface area contributed by atoms with Crippen molar-refractivity contribution in [2.24, 2.45) is 0 Å². The zero-order valence-corrected chi connectivity index (χ0v) is 19.7. The minimum atomic E-state index is -0.328. The summed E-state index contributed by atoms with van der Waals surface area (Å²) in [7, 11) is 1.60. The van der Waals surface area contributed by atoms with Crippen LogP contribution in [-0.4, -0.2) is 48.5 Å². The van der Waals surface area contributed by atoms with Gasteiger partial charge in [-0.1, -0.05) is 30.2 Å². The lowest BCUT2D eigenvalue weighted by Gasteiger charge is -2.20. The Morgan fingerprint density at radius 2 is 1.81 bits per heavy atom. The second kappa shape index (κ2) is 9.80. The molecule has 5 rings (SSSR count). The van der Waals surface area contributed by atoms with Gasteiger partial charge in [-0.05, 0) is 48.5 Å². The van der Waals surface area contributed by atoms with E-state index in [1.54, 1.807) is 37.4 Å². The van der Waals surface area contributed by atoms with E-state index >= 15 is 0 Å². The Balaban J connectivity index is 1.42. The molecule has 178 valence electrons. The highest BCUT2D eigenvalue weighted by molar-refractivity contribution is 6.08. The van der Waals surface area contributed by atoms with Gasteiger partial charge in [0.1, 0.15) is 13.2 Å². The third-order valence-corrected chi connectivity index (χ3v) is 5.82. The van der Waals surface area contributed by atoms with Gasteiger partial charge in [0.15, 0.2) is 11.5 Å². The van der Waals surface area contributed by atoms with Crippen LogP contribution in [-0.2, 0) is 4.79 Å². The first-order chi connectivity index (χ1) is 17.5. The Morgan fingerprint density at radius 1 is 1.00 bits per heavy atom. The largest absolute Gasteiger partial charge is 0.486 e. The minimum absolute atomic E-state index is 0.130. The van der Waals surface area contributed by atoms with Gasteiger partial charge in [-0.2, -0.15) is 0 Å². The Kier molecular flexibility index (Phi) is 6.25. The minimum Gasteiger partial charge on any atom is -0.486 e. The van der Waals surface area contributed by atoms with Crippen molar-refractivity contribution in [3.8, 4) is 35.1 Å². The molecule has 0 spiro atoms. The standard InChI is InChI=1S/C29H23N3O4/c1-3-19-7-6-8-21(15-19)30-28(33)18-32(2)29(34)23-17-25(31-24-10-5-4-9-22(23)24)20-11-12-26-27(16-20)36-14-13-35-26/h1,4-12,15-17H,13-14,18H2,2H3,(H,30,33). The molecule has 7 heteroatoms. The predicted molar refractivity (Wildman–Crippen MR) is 138 cm³/mol. The Hall–Kier alpha value is -4.83. The smallest absolute Gasteiger partial charge is 0.254 e. The summed E-state index contributed by atoms with van der Waals surface area (Å²) in [4.78, 5) is 32.3. The summed E-state index contributed by atoms with van der Waals surface area (Å²) in [6, 6.07) is 21.8. The van der Waals surface area contributed by atoms with Crippen LogP contribution in [0.5, 0.6) is 11.5 Å². The van der Waals surface area contributed by atoms with Crippen molar-refractivity contribution in [1.82, 2.24) is 9.88 Å². The van der Waals surface area contributed by atoms with Crippen LogP contribution < -0.4 is 14.8 Å². The molecule has 0 radical (unpaired) electrons. The van der Waals surface area contributed by atoms with Gasteiger partial charge in [-0.25, -0.2) is 4.98 Å². The second-order valence-electron chi connectivity index (χ2n) is 8.37. The summed E-state index contributed by atoms with van der Waals surface area (Å²) in [5, 5.41) is 3.50. The van der Waals surface area contributed by atoms with E-state index in [0.29, 0.717) is 58.1 Å². The summed E-state index contributed by atoms with van der Waals surface area (Å²) in [5.41, 5.74) is 3.79. The molecule has 0 saturated carbocycles. The summed E-state index contributed by atoms with van der Waals surface area (Å²) in [6.45, 7) is 0.856. The number of fused-ring (bicyclic) bond motifs is 2. The van der Waals surface area contributed by atoms with Crippen LogP contribution in [0.25, 0.3) is 22.2 Å². The van der Waals surface area contributed by atoms with Crippen LogP contribution in [0, 0.1) is 12.3 Å². The number of nitrogens with one attached hydrogen (secondary N) is 1. The molecule has 0 bridgehead atoms. The van der Waals surface area contributed by atoms with E-state index in [-0.39, 0.29) is 18.4 Å². The molecule has 4 aromatic rings. The van der Waals surface area contributed by atoms with Crippen LogP contribution in [0.2, 0.25) is 0 Å². The van der Waals surface area contributed by atoms with Gasteiger partial charge in [0.25, 0.3) is 5.91 Å². The zero-order valence-electron chi connectivity index (χ0n) is 19.7. The SMILES string of the molecule is C#Cc1cccc(NC(=O)CN(C)C(=O)c2cc(-c3ccc4c(c3)OCCO4)nc3ccccc23)c1. The lowest BCUT2D eigenvalue weighted by Crippen LogP contribution is -2.35. The fourth-order valence-corrected chi connectivity index (χ4v) is 4.08. The van der Waals surface area contributed by atoms with Gasteiger partial charge < -0.3 is 19.7 Å². The lowest BCUT2D eigenvalue weighted by molar-refractivity contribution is -0.116. The molecule has 1 aliphatic heterocycles. The number of nitrogens with zero attached hydrogens (tertiary/aromatic N) is 2. The lowest BCUT2D eigenvalue weighted by atomic mass is 10.0. The van der Waals surface area contributed by atoms with Crippen molar-refractivity contribution >= 4 is 28.4 Å². The number of anilines is 1. The quantitative estimate of drug-likeness (QED) is 0.432. The van der Waals surface area contributed by atoms with E-state index < -0.39 is 0 Å². The number of ether oxygens (including phenoxy) is 2. The van der Waals surface area contributed by atoms with Crippen molar-refractivity contribution in [2.45, 2.75) is 0 Å². The first-order valence-electron chi connectivity index (χ1n) is 11.4. The average molecular weight is 478 g/mol. The number of carbonyl (C=O) groups is 2. The molecular weight excluding hydrogens is 454 g/mol. The van der Waals surface area contributed by atoms with Crippen LogP contribution in [0.15, 0.2) is 72.8 Å². The summed E-state index contributed by atoms with van der Waals surface area (Å²) in [5.74, 6) is 3.24.